The number of hydrogen-bond acceptors (Lipinski definition) is 2. The first-order chi connectivity index (χ1) is 7.68. The van der Waals surface area contributed by atoms with Gasteiger partial charge < -0.3 is 5.11 Å². The van der Waals surface area contributed by atoms with Gasteiger partial charge in [-0.3, -0.25) is 9.48 Å². The summed E-state index contributed by atoms with van der Waals surface area (Å²) < 4.78 is 1.87. The molecule has 1 fully saturated rings. The first-order valence-electron chi connectivity index (χ1n) is 5.88. The summed E-state index contributed by atoms with van der Waals surface area (Å²) in [5, 5.41) is 13.2. The van der Waals surface area contributed by atoms with Crippen molar-refractivity contribution in [1.82, 2.24) is 9.78 Å². The number of carboxylic acids is 1. The molecule has 0 bridgehead atoms. The van der Waals surface area contributed by atoms with Crippen molar-refractivity contribution >= 4 is 5.97 Å². The van der Waals surface area contributed by atoms with Crippen LogP contribution in [0.25, 0.3) is 0 Å². The molecule has 2 rings (SSSR count). The lowest BCUT2D eigenvalue weighted by Crippen LogP contribution is -2.19. The summed E-state index contributed by atoms with van der Waals surface area (Å²) in [5.41, 5.74) is 1.19. The van der Waals surface area contributed by atoms with Crippen LogP contribution in [0, 0.1) is 11.8 Å². The van der Waals surface area contributed by atoms with Crippen molar-refractivity contribution in [2.45, 2.75) is 32.1 Å². The molecule has 1 heterocycles. The average Bonchev–Trinajstić information content (AvgIpc) is 2.83. The minimum atomic E-state index is -0.618. The fraction of sp³-hybridized carbons (Fsp3) is 0.667. The standard InChI is InChI=1S/C12H18N2O2/c1-14-10(7-8-13-14)6-5-9-3-2-4-11(9)12(15)16/h7-9,11H,2-6H2,1H3,(H,15,16). The van der Waals surface area contributed by atoms with Gasteiger partial charge in [0.25, 0.3) is 0 Å². The highest BCUT2D eigenvalue weighted by molar-refractivity contribution is 5.70. The van der Waals surface area contributed by atoms with Crippen LogP contribution in [0.15, 0.2) is 12.3 Å². The molecule has 16 heavy (non-hydrogen) atoms. The highest BCUT2D eigenvalue weighted by Crippen LogP contribution is 2.34. The van der Waals surface area contributed by atoms with Gasteiger partial charge in [0, 0.05) is 18.9 Å². The van der Waals surface area contributed by atoms with E-state index in [1.165, 1.54) is 5.69 Å². The number of aliphatic carboxylic acids is 1. The zero-order chi connectivity index (χ0) is 11.5. The lowest BCUT2D eigenvalue weighted by Gasteiger charge is -2.15. The monoisotopic (exact) mass is 222 g/mol. The topological polar surface area (TPSA) is 55.1 Å². The molecule has 0 amide bonds. The average molecular weight is 222 g/mol. The Morgan fingerprint density at radius 1 is 1.62 bits per heavy atom. The van der Waals surface area contributed by atoms with E-state index in [1.54, 1.807) is 6.20 Å². The number of nitrogens with zero attached hydrogens (tertiary/aromatic N) is 2. The molecule has 1 aromatic rings. The van der Waals surface area contributed by atoms with E-state index in [4.69, 9.17) is 5.11 Å². The predicted molar refractivity (Wildman–Crippen MR) is 60.0 cm³/mol. The highest BCUT2D eigenvalue weighted by atomic mass is 16.4. The van der Waals surface area contributed by atoms with Crippen molar-refractivity contribution in [2.75, 3.05) is 0 Å². The largest absolute Gasteiger partial charge is 0.481 e. The van der Waals surface area contributed by atoms with Gasteiger partial charge in [-0.2, -0.15) is 5.10 Å². The highest BCUT2D eigenvalue weighted by Gasteiger charge is 2.32. The second kappa shape index (κ2) is 4.68. The molecule has 4 nitrogen and oxygen atoms in total. The third-order valence-corrected chi connectivity index (χ3v) is 3.67. The zero-order valence-corrected chi connectivity index (χ0v) is 9.59. The summed E-state index contributed by atoms with van der Waals surface area (Å²) >= 11 is 0. The number of rotatable bonds is 4. The first-order valence-corrected chi connectivity index (χ1v) is 5.88. The van der Waals surface area contributed by atoms with Gasteiger partial charge in [-0.1, -0.05) is 6.42 Å². The fourth-order valence-corrected chi connectivity index (χ4v) is 2.69. The van der Waals surface area contributed by atoms with Crippen molar-refractivity contribution < 1.29 is 9.90 Å². The summed E-state index contributed by atoms with van der Waals surface area (Å²) in [4.78, 5) is 11.0. The molecule has 1 aromatic heterocycles. The molecule has 0 radical (unpaired) electrons. The molecule has 1 aliphatic carbocycles. The second-order valence-electron chi connectivity index (χ2n) is 4.62. The van der Waals surface area contributed by atoms with E-state index < -0.39 is 5.97 Å². The van der Waals surface area contributed by atoms with Crippen LogP contribution in [0.5, 0.6) is 0 Å². The van der Waals surface area contributed by atoms with Crippen LogP contribution in [-0.2, 0) is 18.3 Å². The molecule has 1 aliphatic rings. The molecule has 1 saturated carbocycles. The lowest BCUT2D eigenvalue weighted by molar-refractivity contribution is -0.143. The van der Waals surface area contributed by atoms with Gasteiger partial charge >= 0.3 is 5.97 Å². The van der Waals surface area contributed by atoms with E-state index in [2.05, 4.69) is 5.10 Å². The molecule has 2 atom stereocenters. The predicted octanol–water partition coefficient (Wildman–Crippen LogP) is 1.85. The van der Waals surface area contributed by atoms with Gasteiger partial charge in [0.1, 0.15) is 0 Å². The summed E-state index contributed by atoms with van der Waals surface area (Å²) in [6.07, 6.45) is 6.67. The van der Waals surface area contributed by atoms with E-state index in [0.29, 0.717) is 5.92 Å². The maximum atomic E-state index is 11.0. The van der Waals surface area contributed by atoms with Crippen LogP contribution in [0.3, 0.4) is 0 Å². The normalized spacial score (nSPS) is 24.8. The third-order valence-electron chi connectivity index (χ3n) is 3.67. The van der Waals surface area contributed by atoms with E-state index >= 15 is 0 Å². The molecule has 0 aromatic carbocycles. The SMILES string of the molecule is Cn1nccc1CCC1CCCC1C(=O)O. The van der Waals surface area contributed by atoms with Crippen molar-refractivity contribution in [1.29, 1.82) is 0 Å². The Labute approximate surface area is 95.3 Å². The Kier molecular flexibility index (Phi) is 3.27. The molecule has 88 valence electrons. The number of aromatic nitrogens is 2. The number of hydrogen-bond donors (Lipinski definition) is 1. The van der Waals surface area contributed by atoms with Gasteiger partial charge in [0.2, 0.25) is 0 Å². The molecule has 4 heteroatoms. The number of carboxylic acid groups (broad SMARTS) is 1. The molecule has 2 unspecified atom stereocenters. The van der Waals surface area contributed by atoms with E-state index in [0.717, 1.165) is 32.1 Å². The summed E-state index contributed by atoms with van der Waals surface area (Å²) in [6.45, 7) is 0. The van der Waals surface area contributed by atoms with Gasteiger partial charge in [0.05, 0.1) is 5.92 Å². The van der Waals surface area contributed by atoms with Gasteiger partial charge in [0.15, 0.2) is 0 Å². The summed E-state index contributed by atoms with van der Waals surface area (Å²) in [7, 11) is 1.93. The Morgan fingerprint density at radius 2 is 2.44 bits per heavy atom. The molecule has 0 aliphatic heterocycles. The van der Waals surface area contributed by atoms with E-state index in [1.807, 2.05) is 17.8 Å². The van der Waals surface area contributed by atoms with Gasteiger partial charge in [-0.25, -0.2) is 0 Å². The molecule has 0 spiro atoms. The third kappa shape index (κ3) is 2.26. The van der Waals surface area contributed by atoms with Crippen LogP contribution < -0.4 is 0 Å². The van der Waals surface area contributed by atoms with E-state index in [9.17, 15) is 4.79 Å². The van der Waals surface area contributed by atoms with Crippen LogP contribution in [-0.4, -0.2) is 20.9 Å². The first kappa shape index (κ1) is 11.2. The van der Waals surface area contributed by atoms with E-state index in [-0.39, 0.29) is 5.92 Å². The maximum absolute atomic E-state index is 11.0. The number of carbonyl (C=O) groups is 1. The molecular formula is C12H18N2O2. The lowest BCUT2D eigenvalue weighted by atomic mass is 9.91. The Morgan fingerprint density at radius 3 is 3.06 bits per heavy atom. The minimum Gasteiger partial charge on any atom is -0.481 e. The van der Waals surface area contributed by atoms with Crippen molar-refractivity contribution in [3.05, 3.63) is 18.0 Å². The number of aryl methyl sites for hydroxylation is 2. The minimum absolute atomic E-state index is 0.117. The molecular weight excluding hydrogens is 204 g/mol. The quantitative estimate of drug-likeness (QED) is 0.845. The summed E-state index contributed by atoms with van der Waals surface area (Å²) in [6, 6.07) is 2.00. The Hall–Kier alpha value is -1.32. The second-order valence-corrected chi connectivity index (χ2v) is 4.62. The van der Waals surface area contributed by atoms with Crippen molar-refractivity contribution in [2.24, 2.45) is 18.9 Å². The maximum Gasteiger partial charge on any atom is 0.306 e. The van der Waals surface area contributed by atoms with Crippen LogP contribution in [0.1, 0.15) is 31.4 Å². The van der Waals surface area contributed by atoms with Crippen LogP contribution >= 0.6 is 0 Å². The zero-order valence-electron chi connectivity index (χ0n) is 9.59. The fourth-order valence-electron chi connectivity index (χ4n) is 2.69. The van der Waals surface area contributed by atoms with Gasteiger partial charge in [-0.05, 0) is 37.7 Å². The van der Waals surface area contributed by atoms with Crippen LogP contribution in [0.4, 0.5) is 0 Å². The Balaban J connectivity index is 1.90. The smallest absolute Gasteiger partial charge is 0.306 e. The van der Waals surface area contributed by atoms with Gasteiger partial charge in [-0.15, -0.1) is 0 Å². The van der Waals surface area contributed by atoms with Crippen molar-refractivity contribution in [3.8, 4) is 0 Å². The molecule has 0 saturated heterocycles. The van der Waals surface area contributed by atoms with Crippen molar-refractivity contribution in [3.63, 3.8) is 0 Å². The summed E-state index contributed by atoms with van der Waals surface area (Å²) in [5.74, 6) is -0.381. The Bertz CT molecular complexity index is 373. The molecule has 1 N–H and O–H groups in total. The van der Waals surface area contributed by atoms with Crippen LogP contribution in [0.2, 0.25) is 0 Å².